The lowest BCUT2D eigenvalue weighted by molar-refractivity contribution is -0.304. The lowest BCUT2D eigenvalue weighted by Crippen LogP contribution is -2.61. The standard InChI is InChI=1S/C36H59N3O12/c1-12-26-36(9,44)32-20(4)28-18(2)14-35(8,46-16-24(15-45-32)38-47-17-27(41)37-28)31(21(5)29(42)22(6)33(43)50-26)51-34-30(49-23(7)40)25(39(10)11)13-19(3)48-34/h18-22,25-26,29-32,34,42,44H,12-17H2,1-11H3/b37-28?,38-24-/t18-,19-,20+,21+,22-,25+,26-,29+,30-,31-,32-,34+,35-,36-/m1/s1. The Bertz CT molecular complexity index is 1320. The van der Waals surface area contributed by atoms with Crippen molar-refractivity contribution in [2.75, 3.05) is 33.9 Å². The van der Waals surface area contributed by atoms with Crippen molar-refractivity contribution in [1.29, 1.82) is 0 Å². The molecule has 0 aliphatic carbocycles. The summed E-state index contributed by atoms with van der Waals surface area (Å²) in [7, 11) is 3.78. The predicted octanol–water partition coefficient (Wildman–Crippen LogP) is 2.28. The molecule has 14 atom stereocenters. The van der Waals surface area contributed by atoms with Gasteiger partial charge in [0, 0.05) is 24.5 Å². The molecule has 4 aliphatic rings. The van der Waals surface area contributed by atoms with Gasteiger partial charge in [0.05, 0.1) is 55.2 Å². The molecule has 0 unspecified atom stereocenters. The Hall–Kier alpha value is -2.53. The Morgan fingerprint density at radius 2 is 1.75 bits per heavy atom. The summed E-state index contributed by atoms with van der Waals surface area (Å²) in [5, 5.41) is 28.3. The first-order chi connectivity index (χ1) is 23.8. The van der Waals surface area contributed by atoms with E-state index < -0.39 is 96.1 Å². The van der Waals surface area contributed by atoms with E-state index in [2.05, 4.69) is 10.1 Å². The van der Waals surface area contributed by atoms with Crippen LogP contribution in [0.3, 0.4) is 0 Å². The van der Waals surface area contributed by atoms with Crippen LogP contribution in [0.4, 0.5) is 0 Å². The molecule has 51 heavy (non-hydrogen) atoms. The van der Waals surface area contributed by atoms with Crippen LogP contribution in [0.25, 0.3) is 0 Å². The van der Waals surface area contributed by atoms with E-state index in [1.165, 1.54) is 13.8 Å². The maximum atomic E-state index is 13.8. The minimum atomic E-state index is -1.76. The number of rotatable bonds is 5. The van der Waals surface area contributed by atoms with Gasteiger partial charge >= 0.3 is 11.9 Å². The Balaban J connectivity index is 1.96. The van der Waals surface area contributed by atoms with Crippen molar-refractivity contribution in [2.24, 2.45) is 33.8 Å². The molecule has 2 N–H and O–H groups in total. The molecule has 4 heterocycles. The van der Waals surface area contributed by atoms with Crippen LogP contribution >= 0.6 is 0 Å². The third-order valence-corrected chi connectivity index (χ3v) is 11.0. The molecule has 290 valence electrons. The molecule has 0 aromatic carbocycles. The van der Waals surface area contributed by atoms with Crippen LogP contribution in [0.15, 0.2) is 10.1 Å². The van der Waals surface area contributed by atoms with E-state index in [1.807, 2.05) is 46.7 Å². The van der Waals surface area contributed by atoms with Gasteiger partial charge in [0.15, 0.2) is 19.0 Å². The predicted molar refractivity (Wildman–Crippen MR) is 185 cm³/mol. The van der Waals surface area contributed by atoms with Gasteiger partial charge in [0.25, 0.3) is 5.91 Å². The summed E-state index contributed by atoms with van der Waals surface area (Å²) in [5.41, 5.74) is -2.35. The smallest absolute Gasteiger partial charge is 0.311 e. The van der Waals surface area contributed by atoms with Crippen LogP contribution in [0.2, 0.25) is 0 Å². The van der Waals surface area contributed by atoms with Crippen LogP contribution in [0.1, 0.15) is 81.6 Å². The molecule has 4 aliphatic heterocycles. The van der Waals surface area contributed by atoms with Gasteiger partial charge in [-0.2, -0.15) is 0 Å². The number of hydrogen-bond donors (Lipinski definition) is 2. The highest BCUT2D eigenvalue weighted by molar-refractivity contribution is 5.99. The zero-order valence-corrected chi connectivity index (χ0v) is 32.0. The van der Waals surface area contributed by atoms with Crippen molar-refractivity contribution in [1.82, 2.24) is 4.90 Å². The van der Waals surface area contributed by atoms with Crippen molar-refractivity contribution in [3.8, 4) is 0 Å². The molecule has 0 saturated carbocycles. The number of amides is 1. The largest absolute Gasteiger partial charge is 0.459 e. The van der Waals surface area contributed by atoms with E-state index in [1.54, 1.807) is 20.8 Å². The number of aliphatic hydroxyl groups is 2. The van der Waals surface area contributed by atoms with Gasteiger partial charge in [0.1, 0.15) is 17.4 Å². The molecule has 4 rings (SSSR count). The van der Waals surface area contributed by atoms with Crippen molar-refractivity contribution in [2.45, 2.75) is 142 Å². The van der Waals surface area contributed by atoms with Crippen molar-refractivity contribution in [3.63, 3.8) is 0 Å². The number of hydrogen-bond acceptors (Lipinski definition) is 14. The topological polar surface area (TPSA) is 184 Å². The lowest BCUT2D eigenvalue weighted by Gasteiger charge is -2.49. The number of aliphatic hydroxyl groups excluding tert-OH is 1. The summed E-state index contributed by atoms with van der Waals surface area (Å²) in [5.74, 6) is -4.80. The van der Waals surface area contributed by atoms with Gasteiger partial charge in [-0.25, -0.2) is 4.99 Å². The number of ether oxygens (including phenoxy) is 6. The fourth-order valence-corrected chi connectivity index (χ4v) is 8.23. The molecular weight excluding hydrogens is 666 g/mol. The van der Waals surface area contributed by atoms with Crippen LogP contribution < -0.4 is 0 Å². The van der Waals surface area contributed by atoms with Crippen molar-refractivity contribution in [3.05, 3.63) is 0 Å². The first-order valence-corrected chi connectivity index (χ1v) is 18.1. The molecule has 3 fully saturated rings. The molecule has 0 spiro atoms. The van der Waals surface area contributed by atoms with Crippen molar-refractivity contribution < 1.29 is 57.9 Å². The first kappa shape index (κ1) is 41.2. The van der Waals surface area contributed by atoms with Gasteiger partial charge in [-0.1, -0.05) is 32.9 Å². The third kappa shape index (κ3) is 9.17. The third-order valence-electron chi connectivity index (χ3n) is 11.0. The lowest BCUT2D eigenvalue weighted by atomic mass is 9.73. The van der Waals surface area contributed by atoms with E-state index in [0.717, 1.165) is 0 Å². The molecular formula is C36H59N3O12. The number of cyclic esters (lactones) is 1. The van der Waals surface area contributed by atoms with E-state index in [4.69, 9.17) is 33.3 Å². The Morgan fingerprint density at radius 1 is 1.06 bits per heavy atom. The molecule has 15 nitrogen and oxygen atoms in total. The van der Waals surface area contributed by atoms with Crippen LogP contribution in [0.5, 0.6) is 0 Å². The zero-order chi connectivity index (χ0) is 38.0. The summed E-state index contributed by atoms with van der Waals surface area (Å²) >= 11 is 0. The molecule has 0 aromatic rings. The second-order valence-electron chi connectivity index (χ2n) is 15.5. The molecule has 0 radical (unpaired) electrons. The minimum absolute atomic E-state index is 0.131. The average Bonchev–Trinajstić information content (AvgIpc) is 3.08. The SMILES string of the molecule is CC[C@H]1OC(=O)[C@H](C)[C@@H](O)[C@H](C)[C@@H](O[C@@H]2O[C@H](C)C[C@H](N(C)C)[C@H]2OC(C)=O)[C@@]2(C)C[C@@H](C)C3=NC(=O)CO/N=C(/CO[C@H]([C@H]3C)[C@]1(C)O)CO2. The average molecular weight is 726 g/mol. The Kier molecular flexibility index (Phi) is 13.5. The second-order valence-corrected chi connectivity index (χ2v) is 15.5. The number of nitrogens with zero attached hydrogens (tertiary/aromatic N) is 3. The van der Waals surface area contributed by atoms with E-state index in [-0.39, 0.29) is 43.9 Å². The maximum absolute atomic E-state index is 13.8. The summed E-state index contributed by atoms with van der Waals surface area (Å²) < 4.78 is 38.3. The quantitative estimate of drug-likeness (QED) is 0.394. The van der Waals surface area contributed by atoms with Crippen LogP contribution in [0, 0.1) is 23.7 Å². The molecule has 1 amide bonds. The number of likely N-dealkylation sites (N-methyl/N-ethyl adjacent to an activating group) is 1. The fraction of sp³-hybridized carbons (Fsp3) is 0.861. The zero-order valence-electron chi connectivity index (χ0n) is 32.0. The van der Waals surface area contributed by atoms with E-state index in [0.29, 0.717) is 12.1 Å². The summed E-state index contributed by atoms with van der Waals surface area (Å²) in [6, 6.07) is -0.261. The number of carbonyl (C=O) groups excluding carboxylic acids is 3. The summed E-state index contributed by atoms with van der Waals surface area (Å²) in [6.45, 7) is 14.7. The monoisotopic (exact) mass is 725 g/mol. The van der Waals surface area contributed by atoms with Gasteiger partial charge < -0.3 is 48.4 Å². The molecule has 0 aromatic heterocycles. The number of carbonyl (C=O) groups is 3. The van der Waals surface area contributed by atoms with Gasteiger partial charge in [-0.3, -0.25) is 14.4 Å². The fourth-order valence-electron chi connectivity index (χ4n) is 8.23. The van der Waals surface area contributed by atoms with Crippen LogP contribution in [-0.2, 0) is 47.6 Å². The Morgan fingerprint density at radius 3 is 2.37 bits per heavy atom. The molecule has 15 heteroatoms. The summed E-state index contributed by atoms with van der Waals surface area (Å²) in [4.78, 5) is 51.3. The molecule has 3 saturated heterocycles. The summed E-state index contributed by atoms with van der Waals surface area (Å²) in [6.07, 6.45) is -5.62. The highest BCUT2D eigenvalue weighted by atomic mass is 16.7. The van der Waals surface area contributed by atoms with Gasteiger partial charge in [0.2, 0.25) is 0 Å². The van der Waals surface area contributed by atoms with E-state index in [9.17, 15) is 24.6 Å². The number of oxime groups is 1. The van der Waals surface area contributed by atoms with Gasteiger partial charge in [-0.05, 0) is 67.0 Å². The number of aliphatic imine (C=N–C) groups is 1. The van der Waals surface area contributed by atoms with Crippen molar-refractivity contribution >= 4 is 29.3 Å². The Labute approximate surface area is 301 Å². The highest BCUT2D eigenvalue weighted by Crippen LogP contribution is 2.41. The molecule has 4 bridgehead atoms. The van der Waals surface area contributed by atoms with E-state index >= 15 is 0 Å². The first-order valence-electron chi connectivity index (χ1n) is 18.1. The van der Waals surface area contributed by atoms with Gasteiger partial charge in [-0.15, -0.1) is 0 Å². The highest BCUT2D eigenvalue weighted by Gasteiger charge is 2.53. The second kappa shape index (κ2) is 16.6. The van der Waals surface area contributed by atoms with Crippen LogP contribution in [-0.4, -0.2) is 138 Å². The normalized spacial score (nSPS) is 44.2. The number of fused-ring (bicyclic) bond motifs is 4. The minimum Gasteiger partial charge on any atom is -0.459 e. The number of esters is 2. The maximum Gasteiger partial charge on any atom is 0.311 e.